The summed E-state index contributed by atoms with van der Waals surface area (Å²) in [5.41, 5.74) is 0.811. The minimum absolute atomic E-state index is 0.0819. The van der Waals surface area contributed by atoms with Gasteiger partial charge in [0.1, 0.15) is 5.76 Å². The minimum atomic E-state index is -0.896. The molecular weight excluding hydrogens is 328 g/mol. The lowest BCUT2D eigenvalue weighted by atomic mass is 9.90. The maximum atomic E-state index is 10.8. The zero-order valence-electron chi connectivity index (χ0n) is 13.5. The van der Waals surface area contributed by atoms with E-state index in [9.17, 15) is 4.79 Å². The SMILES string of the molecule is Cc1occc1-c1nnc(SCC(=O)O)n1N=CC1CCCCC1. The number of rotatable bonds is 6. The summed E-state index contributed by atoms with van der Waals surface area (Å²) in [6.07, 6.45) is 9.58. The average molecular weight is 348 g/mol. The Labute approximate surface area is 144 Å². The highest BCUT2D eigenvalue weighted by atomic mass is 32.2. The van der Waals surface area contributed by atoms with Crippen LogP contribution in [-0.4, -0.2) is 37.9 Å². The van der Waals surface area contributed by atoms with Gasteiger partial charge < -0.3 is 9.52 Å². The number of hydrogen-bond acceptors (Lipinski definition) is 6. The van der Waals surface area contributed by atoms with Crippen molar-refractivity contribution in [1.29, 1.82) is 0 Å². The van der Waals surface area contributed by atoms with Gasteiger partial charge in [-0.1, -0.05) is 31.0 Å². The molecule has 24 heavy (non-hydrogen) atoms. The van der Waals surface area contributed by atoms with Crippen LogP contribution in [-0.2, 0) is 4.79 Å². The standard InChI is InChI=1S/C16H20N4O3S/c1-11-13(7-8-23-11)15-18-19-16(24-10-14(21)22)20(15)17-9-12-5-3-2-4-6-12/h7-9,12H,2-6,10H2,1H3,(H,21,22). The second-order valence-electron chi connectivity index (χ2n) is 5.85. The Kier molecular flexibility index (Phi) is 5.34. The molecule has 0 aromatic carbocycles. The van der Waals surface area contributed by atoms with Crippen molar-refractivity contribution in [1.82, 2.24) is 14.9 Å². The molecule has 0 amide bonds. The number of aliphatic carboxylic acids is 1. The maximum Gasteiger partial charge on any atom is 0.313 e. The Hall–Kier alpha value is -2.09. The summed E-state index contributed by atoms with van der Waals surface area (Å²) in [7, 11) is 0. The lowest BCUT2D eigenvalue weighted by Crippen LogP contribution is -2.09. The van der Waals surface area contributed by atoms with E-state index in [1.165, 1.54) is 19.3 Å². The monoisotopic (exact) mass is 348 g/mol. The molecule has 2 aromatic rings. The summed E-state index contributed by atoms with van der Waals surface area (Å²) in [6.45, 7) is 1.85. The van der Waals surface area contributed by atoms with E-state index >= 15 is 0 Å². The van der Waals surface area contributed by atoms with Gasteiger partial charge in [0, 0.05) is 6.21 Å². The molecule has 0 bridgehead atoms. The van der Waals surface area contributed by atoms with Crippen molar-refractivity contribution in [2.24, 2.45) is 11.0 Å². The highest BCUT2D eigenvalue weighted by molar-refractivity contribution is 7.99. The second-order valence-corrected chi connectivity index (χ2v) is 6.80. The van der Waals surface area contributed by atoms with E-state index in [0.717, 1.165) is 35.9 Å². The Morgan fingerprint density at radius 3 is 2.92 bits per heavy atom. The lowest BCUT2D eigenvalue weighted by molar-refractivity contribution is -0.133. The first-order chi connectivity index (χ1) is 11.6. The highest BCUT2D eigenvalue weighted by Gasteiger charge is 2.19. The topological polar surface area (TPSA) is 93.5 Å². The van der Waals surface area contributed by atoms with E-state index in [0.29, 0.717) is 16.9 Å². The molecular formula is C16H20N4O3S. The molecule has 1 saturated carbocycles. The van der Waals surface area contributed by atoms with E-state index in [2.05, 4.69) is 15.3 Å². The van der Waals surface area contributed by atoms with Crippen LogP contribution in [0.1, 0.15) is 37.9 Å². The zero-order valence-corrected chi connectivity index (χ0v) is 14.3. The molecule has 0 saturated heterocycles. The number of thioether (sulfide) groups is 1. The normalized spacial score (nSPS) is 16.0. The minimum Gasteiger partial charge on any atom is -0.481 e. The van der Waals surface area contributed by atoms with Crippen molar-refractivity contribution in [3.8, 4) is 11.4 Å². The molecule has 7 nitrogen and oxygen atoms in total. The van der Waals surface area contributed by atoms with Crippen LogP contribution in [0.4, 0.5) is 0 Å². The third kappa shape index (κ3) is 3.87. The number of carboxylic acid groups (broad SMARTS) is 1. The van der Waals surface area contributed by atoms with Crippen LogP contribution in [0.15, 0.2) is 27.0 Å². The number of carbonyl (C=O) groups is 1. The summed E-state index contributed by atoms with van der Waals surface area (Å²) in [5, 5.41) is 22.2. The van der Waals surface area contributed by atoms with Crippen molar-refractivity contribution < 1.29 is 14.3 Å². The smallest absolute Gasteiger partial charge is 0.313 e. The van der Waals surface area contributed by atoms with E-state index in [1.807, 2.05) is 19.2 Å². The fraction of sp³-hybridized carbons (Fsp3) is 0.500. The molecule has 1 N–H and O–H groups in total. The van der Waals surface area contributed by atoms with Crippen molar-refractivity contribution in [3.63, 3.8) is 0 Å². The summed E-state index contributed by atoms with van der Waals surface area (Å²) >= 11 is 1.11. The van der Waals surface area contributed by atoms with Crippen molar-refractivity contribution >= 4 is 23.9 Å². The van der Waals surface area contributed by atoms with Gasteiger partial charge >= 0.3 is 5.97 Å². The van der Waals surface area contributed by atoms with Gasteiger partial charge in [-0.05, 0) is 31.7 Å². The van der Waals surface area contributed by atoms with Gasteiger partial charge in [0.05, 0.1) is 17.6 Å². The van der Waals surface area contributed by atoms with E-state index in [-0.39, 0.29) is 5.75 Å². The molecule has 2 aromatic heterocycles. The van der Waals surface area contributed by atoms with E-state index in [1.54, 1.807) is 10.9 Å². The third-order valence-electron chi connectivity index (χ3n) is 4.08. The summed E-state index contributed by atoms with van der Waals surface area (Å²) in [5.74, 6) is 0.776. The Morgan fingerprint density at radius 2 is 2.25 bits per heavy atom. The van der Waals surface area contributed by atoms with Crippen LogP contribution in [0.5, 0.6) is 0 Å². The zero-order chi connectivity index (χ0) is 16.9. The molecule has 0 unspecified atom stereocenters. The molecule has 3 rings (SSSR count). The first-order valence-corrected chi connectivity index (χ1v) is 9.02. The quantitative estimate of drug-likeness (QED) is 0.635. The average Bonchev–Trinajstić information content (AvgIpc) is 3.17. The number of aromatic nitrogens is 3. The van der Waals surface area contributed by atoms with E-state index in [4.69, 9.17) is 9.52 Å². The van der Waals surface area contributed by atoms with Crippen molar-refractivity contribution in [2.45, 2.75) is 44.2 Å². The maximum absolute atomic E-state index is 10.8. The predicted octanol–water partition coefficient (Wildman–Crippen LogP) is 3.44. The van der Waals surface area contributed by atoms with Gasteiger partial charge in [0.15, 0.2) is 5.82 Å². The van der Waals surface area contributed by atoms with Crippen LogP contribution >= 0.6 is 11.8 Å². The van der Waals surface area contributed by atoms with Crippen molar-refractivity contribution in [3.05, 3.63) is 18.1 Å². The van der Waals surface area contributed by atoms with Gasteiger partial charge in [-0.15, -0.1) is 10.2 Å². The summed E-state index contributed by atoms with van der Waals surface area (Å²) in [4.78, 5) is 10.8. The molecule has 0 aliphatic heterocycles. The van der Waals surface area contributed by atoms with Gasteiger partial charge in [-0.2, -0.15) is 9.78 Å². The van der Waals surface area contributed by atoms with Crippen LogP contribution in [0.25, 0.3) is 11.4 Å². The number of nitrogens with zero attached hydrogens (tertiary/aromatic N) is 4. The molecule has 0 radical (unpaired) electrons. The Morgan fingerprint density at radius 1 is 1.46 bits per heavy atom. The molecule has 0 spiro atoms. The van der Waals surface area contributed by atoms with Gasteiger partial charge in [-0.3, -0.25) is 4.79 Å². The van der Waals surface area contributed by atoms with Gasteiger partial charge in [-0.25, -0.2) is 0 Å². The number of hydrogen-bond donors (Lipinski definition) is 1. The lowest BCUT2D eigenvalue weighted by Gasteiger charge is -2.17. The molecule has 1 aliphatic carbocycles. The molecule has 128 valence electrons. The van der Waals surface area contributed by atoms with E-state index < -0.39 is 5.97 Å². The molecule has 2 heterocycles. The third-order valence-corrected chi connectivity index (χ3v) is 4.98. The molecule has 1 fully saturated rings. The number of aryl methyl sites for hydroxylation is 1. The van der Waals surface area contributed by atoms with Crippen molar-refractivity contribution in [2.75, 3.05) is 5.75 Å². The number of furan rings is 1. The summed E-state index contributed by atoms with van der Waals surface area (Å²) in [6, 6.07) is 1.82. The molecule has 0 atom stereocenters. The first kappa shape index (κ1) is 16.8. The Balaban J connectivity index is 1.89. The van der Waals surface area contributed by atoms with Gasteiger partial charge in [0.25, 0.3) is 0 Å². The van der Waals surface area contributed by atoms with Gasteiger partial charge in [0.2, 0.25) is 5.16 Å². The predicted molar refractivity (Wildman–Crippen MR) is 91.3 cm³/mol. The van der Waals surface area contributed by atoms with Crippen LogP contribution in [0.2, 0.25) is 0 Å². The number of carboxylic acids is 1. The fourth-order valence-electron chi connectivity index (χ4n) is 2.81. The highest BCUT2D eigenvalue weighted by Crippen LogP contribution is 2.27. The second kappa shape index (κ2) is 7.65. The molecule has 1 aliphatic rings. The largest absolute Gasteiger partial charge is 0.481 e. The van der Waals surface area contributed by atoms with Crippen LogP contribution in [0, 0.1) is 12.8 Å². The Bertz CT molecular complexity index is 732. The van der Waals surface area contributed by atoms with Crippen LogP contribution < -0.4 is 0 Å². The summed E-state index contributed by atoms with van der Waals surface area (Å²) < 4.78 is 6.97. The van der Waals surface area contributed by atoms with Crippen LogP contribution in [0.3, 0.4) is 0 Å². The molecule has 8 heteroatoms. The fourth-order valence-corrected chi connectivity index (χ4v) is 3.42. The first-order valence-electron chi connectivity index (χ1n) is 8.04.